The Morgan fingerprint density at radius 3 is 2.72 bits per heavy atom. The lowest BCUT2D eigenvalue weighted by atomic mass is 10.2. The van der Waals surface area contributed by atoms with Crippen LogP contribution in [0.25, 0.3) is 22.0 Å². The van der Waals surface area contributed by atoms with Crippen molar-refractivity contribution in [1.82, 2.24) is 19.5 Å². The molecule has 3 aromatic rings. The van der Waals surface area contributed by atoms with Crippen molar-refractivity contribution < 1.29 is 0 Å². The van der Waals surface area contributed by atoms with Gasteiger partial charge in [0.2, 0.25) is 0 Å². The van der Waals surface area contributed by atoms with E-state index in [1.807, 2.05) is 37.8 Å². The lowest BCUT2D eigenvalue weighted by Crippen LogP contribution is -1.94. The SMILES string of the molecule is Cc1ncc(-c2ccnc(-c3nccs3)c2)n1C. The van der Waals surface area contributed by atoms with Crippen LogP contribution in [0.3, 0.4) is 0 Å². The van der Waals surface area contributed by atoms with Crippen LogP contribution >= 0.6 is 11.3 Å². The van der Waals surface area contributed by atoms with E-state index in [2.05, 4.69) is 25.6 Å². The molecule has 0 amide bonds. The molecule has 0 fully saturated rings. The number of hydrogen-bond acceptors (Lipinski definition) is 4. The highest BCUT2D eigenvalue weighted by Gasteiger charge is 2.08. The molecule has 3 heterocycles. The van der Waals surface area contributed by atoms with Gasteiger partial charge in [0.15, 0.2) is 0 Å². The molecule has 3 rings (SSSR count). The number of rotatable bonds is 2. The van der Waals surface area contributed by atoms with Crippen molar-refractivity contribution in [2.24, 2.45) is 7.05 Å². The number of hydrogen-bond donors (Lipinski definition) is 0. The zero-order valence-electron chi connectivity index (χ0n) is 10.2. The fourth-order valence-electron chi connectivity index (χ4n) is 1.83. The fourth-order valence-corrected chi connectivity index (χ4v) is 2.43. The molecular formula is C13H12N4S. The molecule has 0 aliphatic carbocycles. The third-order valence-electron chi connectivity index (χ3n) is 2.93. The Balaban J connectivity index is 2.09. The van der Waals surface area contributed by atoms with Crippen LogP contribution in [0.5, 0.6) is 0 Å². The first kappa shape index (κ1) is 11.1. The first-order chi connectivity index (χ1) is 8.75. The van der Waals surface area contributed by atoms with E-state index in [0.717, 1.165) is 27.8 Å². The molecule has 0 spiro atoms. The van der Waals surface area contributed by atoms with E-state index in [4.69, 9.17) is 0 Å². The van der Waals surface area contributed by atoms with Gasteiger partial charge in [-0.1, -0.05) is 0 Å². The Hall–Kier alpha value is -2.01. The predicted molar refractivity (Wildman–Crippen MR) is 72.3 cm³/mol. The summed E-state index contributed by atoms with van der Waals surface area (Å²) < 4.78 is 2.07. The second-order valence-electron chi connectivity index (χ2n) is 4.02. The standard InChI is InChI=1S/C13H12N4S/c1-9-16-8-12(17(9)2)10-3-4-14-11(7-10)13-15-5-6-18-13/h3-8H,1-2H3. The van der Waals surface area contributed by atoms with Gasteiger partial charge in [-0.15, -0.1) is 11.3 Å². The summed E-state index contributed by atoms with van der Waals surface area (Å²) in [6.45, 7) is 1.99. The molecule has 0 aliphatic rings. The van der Waals surface area contributed by atoms with Gasteiger partial charge in [-0.2, -0.15) is 0 Å². The molecule has 0 radical (unpaired) electrons. The number of imidazole rings is 1. The first-order valence-corrected chi connectivity index (χ1v) is 6.48. The summed E-state index contributed by atoms with van der Waals surface area (Å²) in [4.78, 5) is 13.0. The lowest BCUT2D eigenvalue weighted by Gasteiger charge is -2.04. The van der Waals surface area contributed by atoms with Gasteiger partial charge in [0, 0.05) is 30.4 Å². The number of aryl methyl sites for hydroxylation is 1. The minimum absolute atomic E-state index is 0.904. The third kappa shape index (κ3) is 1.82. The second kappa shape index (κ2) is 4.34. The van der Waals surface area contributed by atoms with Crippen LogP contribution < -0.4 is 0 Å². The van der Waals surface area contributed by atoms with Crippen molar-refractivity contribution in [3.8, 4) is 22.0 Å². The van der Waals surface area contributed by atoms with Gasteiger partial charge >= 0.3 is 0 Å². The molecule has 3 aromatic heterocycles. The summed E-state index contributed by atoms with van der Waals surface area (Å²) in [5, 5.41) is 2.90. The molecule has 18 heavy (non-hydrogen) atoms. The highest BCUT2D eigenvalue weighted by molar-refractivity contribution is 7.13. The number of pyridine rings is 1. The topological polar surface area (TPSA) is 43.6 Å². The van der Waals surface area contributed by atoms with Gasteiger partial charge in [-0.25, -0.2) is 9.97 Å². The largest absolute Gasteiger partial charge is 0.331 e. The monoisotopic (exact) mass is 256 g/mol. The Labute approximate surface area is 109 Å². The van der Waals surface area contributed by atoms with E-state index in [9.17, 15) is 0 Å². The van der Waals surface area contributed by atoms with E-state index in [1.165, 1.54) is 0 Å². The summed E-state index contributed by atoms with van der Waals surface area (Å²) in [5.74, 6) is 0.998. The summed E-state index contributed by atoms with van der Waals surface area (Å²) in [7, 11) is 2.02. The maximum absolute atomic E-state index is 4.36. The summed E-state index contributed by atoms with van der Waals surface area (Å²) in [6.07, 6.45) is 5.49. The van der Waals surface area contributed by atoms with E-state index in [-0.39, 0.29) is 0 Å². The Morgan fingerprint density at radius 1 is 1.17 bits per heavy atom. The fraction of sp³-hybridized carbons (Fsp3) is 0.154. The highest BCUT2D eigenvalue weighted by Crippen LogP contribution is 2.25. The van der Waals surface area contributed by atoms with Crippen LogP contribution in [-0.4, -0.2) is 19.5 Å². The molecule has 4 nitrogen and oxygen atoms in total. The van der Waals surface area contributed by atoms with Crippen molar-refractivity contribution in [2.75, 3.05) is 0 Å². The molecule has 5 heteroatoms. The number of thiazole rings is 1. The summed E-state index contributed by atoms with van der Waals surface area (Å²) >= 11 is 1.59. The molecule has 0 bridgehead atoms. The predicted octanol–water partition coefficient (Wildman–Crippen LogP) is 2.91. The smallest absolute Gasteiger partial charge is 0.141 e. The number of nitrogens with zero attached hydrogens (tertiary/aromatic N) is 4. The van der Waals surface area contributed by atoms with Crippen molar-refractivity contribution in [1.29, 1.82) is 0 Å². The normalized spacial score (nSPS) is 10.8. The molecule has 90 valence electrons. The van der Waals surface area contributed by atoms with E-state index < -0.39 is 0 Å². The van der Waals surface area contributed by atoms with Crippen LogP contribution in [0.4, 0.5) is 0 Å². The van der Waals surface area contributed by atoms with Crippen molar-refractivity contribution in [3.05, 3.63) is 41.9 Å². The van der Waals surface area contributed by atoms with Gasteiger partial charge in [0.1, 0.15) is 10.8 Å². The molecule has 0 atom stereocenters. The molecule has 0 aliphatic heterocycles. The zero-order chi connectivity index (χ0) is 12.5. The van der Waals surface area contributed by atoms with Gasteiger partial charge in [0.05, 0.1) is 17.6 Å². The van der Waals surface area contributed by atoms with E-state index in [1.54, 1.807) is 17.5 Å². The molecule has 0 aromatic carbocycles. The summed E-state index contributed by atoms with van der Waals surface area (Å²) in [5.41, 5.74) is 3.10. The maximum Gasteiger partial charge on any atom is 0.141 e. The Kier molecular flexibility index (Phi) is 2.68. The number of aromatic nitrogens is 4. The van der Waals surface area contributed by atoms with Crippen molar-refractivity contribution in [2.45, 2.75) is 6.92 Å². The van der Waals surface area contributed by atoms with E-state index >= 15 is 0 Å². The molecule has 0 N–H and O–H groups in total. The molecule has 0 unspecified atom stereocenters. The average Bonchev–Trinajstić information content (AvgIpc) is 3.02. The van der Waals surface area contributed by atoms with Gasteiger partial charge in [-0.05, 0) is 19.1 Å². The third-order valence-corrected chi connectivity index (χ3v) is 3.72. The van der Waals surface area contributed by atoms with Gasteiger partial charge in [0.25, 0.3) is 0 Å². The Morgan fingerprint density at radius 2 is 2.06 bits per heavy atom. The molecule has 0 saturated heterocycles. The lowest BCUT2D eigenvalue weighted by molar-refractivity contribution is 0.865. The first-order valence-electron chi connectivity index (χ1n) is 5.60. The Bertz CT molecular complexity index is 670. The molecule has 0 saturated carbocycles. The molecular weight excluding hydrogens is 244 g/mol. The highest BCUT2D eigenvalue weighted by atomic mass is 32.1. The van der Waals surface area contributed by atoms with Gasteiger partial charge < -0.3 is 4.57 Å². The van der Waals surface area contributed by atoms with Crippen molar-refractivity contribution in [3.63, 3.8) is 0 Å². The minimum Gasteiger partial charge on any atom is -0.331 e. The van der Waals surface area contributed by atoms with Crippen LogP contribution in [0.2, 0.25) is 0 Å². The van der Waals surface area contributed by atoms with Crippen LogP contribution in [-0.2, 0) is 7.05 Å². The second-order valence-corrected chi connectivity index (χ2v) is 4.91. The van der Waals surface area contributed by atoms with Crippen molar-refractivity contribution >= 4 is 11.3 Å². The van der Waals surface area contributed by atoms with Crippen LogP contribution in [0.1, 0.15) is 5.82 Å². The minimum atomic E-state index is 0.904. The average molecular weight is 256 g/mol. The van der Waals surface area contributed by atoms with Crippen LogP contribution in [0, 0.1) is 6.92 Å². The zero-order valence-corrected chi connectivity index (χ0v) is 11.0. The summed E-state index contributed by atoms with van der Waals surface area (Å²) in [6, 6.07) is 4.04. The van der Waals surface area contributed by atoms with Crippen LogP contribution in [0.15, 0.2) is 36.1 Å². The van der Waals surface area contributed by atoms with Gasteiger partial charge in [-0.3, -0.25) is 4.98 Å². The van der Waals surface area contributed by atoms with E-state index in [0.29, 0.717) is 0 Å². The maximum atomic E-state index is 4.36. The quantitative estimate of drug-likeness (QED) is 0.708.